The standard InChI is InChI=1S/C12H18N4OS/c1-7(2)16-9(4)10(8(3)15-16)5-6-11-13-14-12(18)17-11/h7H,5-6H2,1-4H3,(H,14,18). The van der Waals surface area contributed by atoms with Crippen molar-refractivity contribution in [1.82, 2.24) is 20.0 Å². The summed E-state index contributed by atoms with van der Waals surface area (Å²) in [5, 5.41) is 11.2. The Morgan fingerprint density at radius 3 is 2.56 bits per heavy atom. The van der Waals surface area contributed by atoms with Crippen LogP contribution in [0.2, 0.25) is 0 Å². The predicted octanol–water partition coefficient (Wildman–Crippen LogP) is 2.91. The van der Waals surface area contributed by atoms with Crippen LogP contribution in [-0.2, 0) is 12.8 Å². The first-order valence-electron chi connectivity index (χ1n) is 6.08. The van der Waals surface area contributed by atoms with Crippen LogP contribution < -0.4 is 0 Å². The van der Waals surface area contributed by atoms with Gasteiger partial charge < -0.3 is 4.42 Å². The molecule has 2 rings (SSSR count). The summed E-state index contributed by atoms with van der Waals surface area (Å²) in [6.45, 7) is 8.42. The number of aromatic nitrogens is 4. The molecule has 5 nitrogen and oxygen atoms in total. The molecule has 2 aromatic heterocycles. The van der Waals surface area contributed by atoms with Crippen molar-refractivity contribution in [3.8, 4) is 0 Å². The molecule has 0 aromatic carbocycles. The fourth-order valence-electron chi connectivity index (χ4n) is 2.16. The lowest BCUT2D eigenvalue weighted by Gasteiger charge is -2.08. The smallest absolute Gasteiger partial charge is 0.284 e. The van der Waals surface area contributed by atoms with E-state index in [9.17, 15) is 0 Å². The van der Waals surface area contributed by atoms with E-state index in [2.05, 4.69) is 40.7 Å². The number of hydrogen-bond donors (Lipinski definition) is 1. The summed E-state index contributed by atoms with van der Waals surface area (Å²) < 4.78 is 7.32. The van der Waals surface area contributed by atoms with Gasteiger partial charge in [-0.2, -0.15) is 5.10 Å². The summed E-state index contributed by atoms with van der Waals surface area (Å²) in [7, 11) is 0. The van der Waals surface area contributed by atoms with Gasteiger partial charge in [-0.05, 0) is 51.9 Å². The van der Waals surface area contributed by atoms with Crippen molar-refractivity contribution in [3.05, 3.63) is 27.7 Å². The van der Waals surface area contributed by atoms with E-state index < -0.39 is 0 Å². The van der Waals surface area contributed by atoms with Crippen LogP contribution in [0.5, 0.6) is 0 Å². The summed E-state index contributed by atoms with van der Waals surface area (Å²) in [6.07, 6.45) is 1.60. The summed E-state index contributed by atoms with van der Waals surface area (Å²) in [5.41, 5.74) is 3.57. The molecule has 2 aromatic rings. The molecule has 6 heteroatoms. The first kappa shape index (κ1) is 13.0. The fourth-order valence-corrected chi connectivity index (χ4v) is 2.30. The van der Waals surface area contributed by atoms with E-state index in [1.54, 1.807) is 0 Å². The molecule has 1 N–H and O–H groups in total. The molecule has 0 aliphatic heterocycles. The number of nitrogens with one attached hydrogen (secondary N) is 1. The second-order valence-electron chi connectivity index (χ2n) is 4.69. The second-order valence-corrected chi connectivity index (χ2v) is 5.07. The maximum absolute atomic E-state index is 5.26. The third kappa shape index (κ3) is 2.53. The van der Waals surface area contributed by atoms with Crippen LogP contribution in [0.25, 0.3) is 0 Å². The fraction of sp³-hybridized carbons (Fsp3) is 0.583. The van der Waals surface area contributed by atoms with Gasteiger partial charge in [0, 0.05) is 18.2 Å². The van der Waals surface area contributed by atoms with Gasteiger partial charge in [-0.1, -0.05) is 0 Å². The Bertz CT molecular complexity index is 593. The van der Waals surface area contributed by atoms with Crippen LogP contribution in [0.1, 0.15) is 42.7 Å². The normalized spacial score (nSPS) is 11.4. The van der Waals surface area contributed by atoms with Crippen molar-refractivity contribution in [2.45, 2.75) is 46.6 Å². The lowest BCUT2D eigenvalue weighted by molar-refractivity contribution is 0.479. The monoisotopic (exact) mass is 266 g/mol. The minimum absolute atomic E-state index is 0.330. The van der Waals surface area contributed by atoms with Crippen LogP contribution >= 0.6 is 12.2 Å². The highest BCUT2D eigenvalue weighted by atomic mass is 32.1. The van der Waals surface area contributed by atoms with E-state index in [0.29, 0.717) is 16.8 Å². The van der Waals surface area contributed by atoms with E-state index in [4.69, 9.17) is 16.6 Å². The molecule has 0 radical (unpaired) electrons. The highest BCUT2D eigenvalue weighted by molar-refractivity contribution is 7.71. The molecule has 0 amide bonds. The van der Waals surface area contributed by atoms with Gasteiger partial charge in [0.05, 0.1) is 5.69 Å². The van der Waals surface area contributed by atoms with Crippen molar-refractivity contribution in [3.63, 3.8) is 0 Å². The number of aryl methyl sites for hydroxylation is 2. The summed E-state index contributed by atoms with van der Waals surface area (Å²) in [6, 6.07) is 0.381. The van der Waals surface area contributed by atoms with Gasteiger partial charge in [0.2, 0.25) is 5.89 Å². The van der Waals surface area contributed by atoms with Crippen LogP contribution in [0.15, 0.2) is 4.42 Å². The predicted molar refractivity (Wildman–Crippen MR) is 71.2 cm³/mol. The molecule has 0 aliphatic rings. The van der Waals surface area contributed by atoms with Crippen molar-refractivity contribution in [1.29, 1.82) is 0 Å². The van der Waals surface area contributed by atoms with Gasteiger partial charge >= 0.3 is 0 Å². The van der Waals surface area contributed by atoms with Gasteiger partial charge in [0.15, 0.2) is 0 Å². The minimum atomic E-state index is 0.330. The summed E-state index contributed by atoms with van der Waals surface area (Å²) in [4.78, 5) is 0.330. The number of nitrogens with zero attached hydrogens (tertiary/aromatic N) is 3. The van der Waals surface area contributed by atoms with E-state index in [-0.39, 0.29) is 0 Å². The molecule has 0 saturated heterocycles. The lowest BCUT2D eigenvalue weighted by atomic mass is 10.1. The van der Waals surface area contributed by atoms with E-state index in [1.165, 1.54) is 11.3 Å². The Morgan fingerprint density at radius 1 is 1.33 bits per heavy atom. The van der Waals surface area contributed by atoms with Crippen LogP contribution in [0.3, 0.4) is 0 Å². The van der Waals surface area contributed by atoms with Crippen LogP contribution in [-0.4, -0.2) is 20.0 Å². The largest absolute Gasteiger partial charge is 0.414 e. The van der Waals surface area contributed by atoms with E-state index >= 15 is 0 Å². The second kappa shape index (κ2) is 5.06. The number of H-pyrrole nitrogens is 1. The zero-order chi connectivity index (χ0) is 13.3. The minimum Gasteiger partial charge on any atom is -0.414 e. The lowest BCUT2D eigenvalue weighted by Crippen LogP contribution is -2.05. The van der Waals surface area contributed by atoms with Gasteiger partial charge in [-0.25, -0.2) is 5.10 Å². The first-order chi connectivity index (χ1) is 8.49. The van der Waals surface area contributed by atoms with E-state index in [0.717, 1.165) is 18.5 Å². The van der Waals surface area contributed by atoms with Crippen molar-refractivity contribution in [2.24, 2.45) is 0 Å². The van der Waals surface area contributed by atoms with Crippen LogP contribution in [0.4, 0.5) is 0 Å². The molecule has 2 heterocycles. The third-order valence-electron chi connectivity index (χ3n) is 3.04. The van der Waals surface area contributed by atoms with Gasteiger partial charge in [0.25, 0.3) is 4.84 Å². The molecule has 0 atom stereocenters. The SMILES string of the molecule is Cc1nn(C(C)C)c(C)c1CCc1n[nH]c(=S)o1. The van der Waals surface area contributed by atoms with E-state index in [1.807, 2.05) is 6.92 Å². The summed E-state index contributed by atoms with van der Waals surface area (Å²) in [5.74, 6) is 0.649. The number of hydrogen-bond acceptors (Lipinski definition) is 4. The van der Waals surface area contributed by atoms with Gasteiger partial charge in [0.1, 0.15) is 0 Å². The topological polar surface area (TPSA) is 59.6 Å². The molecule has 0 aliphatic carbocycles. The highest BCUT2D eigenvalue weighted by Crippen LogP contribution is 2.18. The third-order valence-corrected chi connectivity index (χ3v) is 3.21. The molecule has 0 bridgehead atoms. The molecular weight excluding hydrogens is 248 g/mol. The first-order valence-corrected chi connectivity index (χ1v) is 6.49. The van der Waals surface area contributed by atoms with Gasteiger partial charge in [-0.3, -0.25) is 4.68 Å². The number of rotatable bonds is 4. The zero-order valence-electron chi connectivity index (χ0n) is 11.1. The Morgan fingerprint density at radius 2 is 2.06 bits per heavy atom. The maximum atomic E-state index is 5.26. The molecule has 0 spiro atoms. The molecule has 98 valence electrons. The van der Waals surface area contributed by atoms with Crippen molar-refractivity contribution < 1.29 is 4.42 Å². The Kier molecular flexibility index (Phi) is 3.65. The average Bonchev–Trinajstić information content (AvgIpc) is 2.82. The Hall–Kier alpha value is -1.43. The molecule has 0 saturated carbocycles. The van der Waals surface area contributed by atoms with Gasteiger partial charge in [-0.15, -0.1) is 5.10 Å². The quantitative estimate of drug-likeness (QED) is 0.864. The highest BCUT2D eigenvalue weighted by Gasteiger charge is 2.14. The molecule has 0 fully saturated rings. The van der Waals surface area contributed by atoms with Crippen molar-refractivity contribution in [2.75, 3.05) is 0 Å². The Labute approximate surface area is 111 Å². The molecule has 0 unspecified atom stereocenters. The molecule has 18 heavy (non-hydrogen) atoms. The van der Waals surface area contributed by atoms with Crippen LogP contribution in [0, 0.1) is 18.7 Å². The summed E-state index contributed by atoms with van der Waals surface area (Å²) >= 11 is 4.85. The maximum Gasteiger partial charge on any atom is 0.284 e. The number of aromatic amines is 1. The van der Waals surface area contributed by atoms with Crippen molar-refractivity contribution >= 4 is 12.2 Å². The Balaban J connectivity index is 2.16. The average molecular weight is 266 g/mol. The zero-order valence-corrected chi connectivity index (χ0v) is 12.0. The molecular formula is C12H18N4OS.